The molecule has 1 aliphatic carbocycles. The zero-order valence-corrected chi connectivity index (χ0v) is 24.9. The van der Waals surface area contributed by atoms with Crippen LogP contribution in [0.2, 0.25) is 0 Å². The van der Waals surface area contributed by atoms with Crippen molar-refractivity contribution in [1.29, 1.82) is 0 Å². The lowest BCUT2D eigenvalue weighted by Gasteiger charge is -2.34. The molecule has 2 N–H and O–H groups in total. The van der Waals surface area contributed by atoms with Crippen LogP contribution >= 0.6 is 0 Å². The van der Waals surface area contributed by atoms with Crippen molar-refractivity contribution in [1.82, 2.24) is 5.32 Å². The predicted octanol–water partition coefficient (Wildman–Crippen LogP) is 5.81. The Balaban J connectivity index is 2.44. The molecule has 9 nitrogen and oxygen atoms in total. The zero-order valence-electron chi connectivity index (χ0n) is 24.9. The number of carbonyl (C=O) groups is 4. The second-order valence-electron chi connectivity index (χ2n) is 11.4. The minimum Gasteiger partial charge on any atom is -0.477 e. The lowest BCUT2D eigenvalue weighted by Crippen LogP contribution is -2.59. The Hall–Kier alpha value is -2.94. The summed E-state index contributed by atoms with van der Waals surface area (Å²) in [6, 6.07) is 4.25. The maximum Gasteiger partial charge on any atom is 0.364 e. The van der Waals surface area contributed by atoms with E-state index in [9.17, 15) is 24.3 Å². The van der Waals surface area contributed by atoms with Gasteiger partial charge in [-0.2, -0.15) is 0 Å². The van der Waals surface area contributed by atoms with Crippen LogP contribution in [0.15, 0.2) is 18.2 Å². The highest BCUT2D eigenvalue weighted by atomic mass is 16.6. The summed E-state index contributed by atoms with van der Waals surface area (Å²) < 4.78 is 17.0. The molecule has 0 radical (unpaired) electrons. The van der Waals surface area contributed by atoms with E-state index >= 15 is 0 Å². The molecule has 0 bridgehead atoms. The van der Waals surface area contributed by atoms with E-state index in [0.717, 1.165) is 32.1 Å². The lowest BCUT2D eigenvalue weighted by atomic mass is 9.89. The highest BCUT2D eigenvalue weighted by Gasteiger charge is 2.45. The number of aliphatic carboxylic acids is 1. The van der Waals surface area contributed by atoms with Crippen molar-refractivity contribution < 1.29 is 38.5 Å². The minimum atomic E-state index is -2.03. The Kier molecular flexibility index (Phi) is 13.1. The van der Waals surface area contributed by atoms with E-state index in [0.29, 0.717) is 31.2 Å². The van der Waals surface area contributed by atoms with Crippen LogP contribution in [0, 0.1) is 17.8 Å². The van der Waals surface area contributed by atoms with E-state index in [2.05, 4.69) is 5.32 Å². The van der Waals surface area contributed by atoms with Crippen molar-refractivity contribution in [3.63, 3.8) is 0 Å². The molecular weight excluding hydrogens is 514 g/mol. The summed E-state index contributed by atoms with van der Waals surface area (Å²) in [5, 5.41) is 13.3. The molecule has 0 aliphatic heterocycles. The smallest absolute Gasteiger partial charge is 0.364 e. The van der Waals surface area contributed by atoms with Gasteiger partial charge in [-0.05, 0) is 57.2 Å². The third-order valence-corrected chi connectivity index (χ3v) is 7.21. The number of nitrogens with one attached hydrogen (secondary N) is 1. The zero-order chi connectivity index (χ0) is 29.9. The maximum atomic E-state index is 13.1. The number of hydrogen-bond donors (Lipinski definition) is 2. The van der Waals surface area contributed by atoms with Crippen molar-refractivity contribution in [2.75, 3.05) is 0 Å². The Morgan fingerprint density at radius 3 is 1.95 bits per heavy atom. The van der Waals surface area contributed by atoms with Gasteiger partial charge in [-0.3, -0.25) is 19.7 Å². The first kappa shape index (κ1) is 33.3. The number of hydrogen-bond acceptors (Lipinski definition) is 8. The number of carbonyl (C=O) groups excluding carboxylic acids is 3. The molecular formula is C31H47NO8. The first-order chi connectivity index (χ1) is 18.9. The van der Waals surface area contributed by atoms with Crippen molar-refractivity contribution in [2.24, 2.45) is 17.8 Å². The van der Waals surface area contributed by atoms with Crippen LogP contribution in [0.3, 0.4) is 0 Å². The fourth-order valence-electron chi connectivity index (χ4n) is 4.99. The molecule has 1 fully saturated rings. The van der Waals surface area contributed by atoms with Crippen molar-refractivity contribution in [3.05, 3.63) is 23.8 Å². The summed E-state index contributed by atoms with van der Waals surface area (Å²) >= 11 is 0. The number of ether oxygens (including phenoxy) is 3. The first-order valence-corrected chi connectivity index (χ1v) is 14.7. The molecule has 1 aromatic carbocycles. The molecule has 1 aliphatic rings. The van der Waals surface area contributed by atoms with Gasteiger partial charge >= 0.3 is 23.9 Å². The predicted molar refractivity (Wildman–Crippen MR) is 151 cm³/mol. The van der Waals surface area contributed by atoms with E-state index in [1.54, 1.807) is 33.8 Å². The Bertz CT molecular complexity index is 1020. The Morgan fingerprint density at radius 2 is 1.45 bits per heavy atom. The summed E-state index contributed by atoms with van der Waals surface area (Å²) in [4.78, 5) is 51.2. The van der Waals surface area contributed by atoms with Gasteiger partial charge in [0.05, 0.1) is 17.8 Å². The van der Waals surface area contributed by atoms with E-state index in [-0.39, 0.29) is 41.7 Å². The third-order valence-electron chi connectivity index (χ3n) is 7.21. The third kappa shape index (κ3) is 9.61. The summed E-state index contributed by atoms with van der Waals surface area (Å²) in [6.07, 6.45) is 6.84. The molecule has 2 rings (SSSR count). The summed E-state index contributed by atoms with van der Waals surface area (Å²) in [6.45, 7) is 11.0. The summed E-state index contributed by atoms with van der Waals surface area (Å²) in [5.74, 6) is -3.77. The quantitative estimate of drug-likeness (QED) is 0.155. The van der Waals surface area contributed by atoms with Crippen molar-refractivity contribution >= 4 is 23.9 Å². The molecule has 2 unspecified atom stereocenters. The average molecular weight is 562 g/mol. The first-order valence-electron chi connectivity index (χ1n) is 14.7. The Labute approximate surface area is 238 Å². The van der Waals surface area contributed by atoms with Gasteiger partial charge in [0.25, 0.3) is 5.72 Å². The molecule has 0 amide bonds. The van der Waals surface area contributed by atoms with Crippen LogP contribution in [0.25, 0.3) is 0 Å². The maximum absolute atomic E-state index is 13.1. The fourth-order valence-corrected chi connectivity index (χ4v) is 4.99. The SMILES string of the molecule is CCCC(C)C(=O)Oc1ccc(C[C@](NC(C)C)(OC(=O)C2CCCCC2)C(=O)O)cc1OC(=O)C(C)CCC. The highest BCUT2D eigenvalue weighted by molar-refractivity contribution is 5.83. The van der Waals surface area contributed by atoms with Crippen LogP contribution in [0.1, 0.15) is 105 Å². The molecule has 0 heterocycles. The van der Waals surface area contributed by atoms with Crippen LogP contribution in [0.4, 0.5) is 0 Å². The number of rotatable bonds is 15. The van der Waals surface area contributed by atoms with Gasteiger partial charge in [0.1, 0.15) is 0 Å². The number of benzene rings is 1. The monoisotopic (exact) mass is 561 g/mol. The second-order valence-corrected chi connectivity index (χ2v) is 11.4. The van der Waals surface area contributed by atoms with Crippen molar-refractivity contribution in [3.8, 4) is 11.5 Å². The fraction of sp³-hybridized carbons (Fsp3) is 0.677. The molecule has 3 atom stereocenters. The van der Waals surface area contributed by atoms with E-state index in [4.69, 9.17) is 14.2 Å². The van der Waals surface area contributed by atoms with Gasteiger partial charge in [0, 0.05) is 12.5 Å². The standard InChI is InChI=1S/C31H47NO8/c1-7-12-21(5)27(33)38-25-17-16-23(18-26(25)39-28(34)22(6)13-8-2)19-31(30(36)37,32-20(3)4)40-29(35)24-14-10-9-11-15-24/h16-18,20-22,24,32H,7-15,19H2,1-6H3,(H,36,37)/t21?,22?,31-/m0/s1. The molecule has 1 aromatic rings. The summed E-state index contributed by atoms with van der Waals surface area (Å²) in [7, 11) is 0. The largest absolute Gasteiger partial charge is 0.477 e. The van der Waals surface area contributed by atoms with Crippen LogP contribution in [-0.2, 0) is 30.3 Å². The van der Waals surface area contributed by atoms with Crippen LogP contribution in [0.5, 0.6) is 11.5 Å². The number of carboxylic acid groups (broad SMARTS) is 1. The summed E-state index contributed by atoms with van der Waals surface area (Å²) in [5.41, 5.74) is -1.60. The molecule has 0 spiro atoms. The Morgan fingerprint density at radius 1 is 0.900 bits per heavy atom. The van der Waals surface area contributed by atoms with Gasteiger partial charge in [-0.25, -0.2) is 4.79 Å². The van der Waals surface area contributed by atoms with Gasteiger partial charge in [0.2, 0.25) is 0 Å². The number of esters is 3. The van der Waals surface area contributed by atoms with Crippen LogP contribution < -0.4 is 14.8 Å². The molecule has 224 valence electrons. The molecule has 1 saturated carbocycles. The molecule has 40 heavy (non-hydrogen) atoms. The average Bonchev–Trinajstić information content (AvgIpc) is 2.90. The van der Waals surface area contributed by atoms with Gasteiger partial charge < -0.3 is 19.3 Å². The highest BCUT2D eigenvalue weighted by Crippen LogP contribution is 2.33. The van der Waals surface area contributed by atoms with Crippen LogP contribution in [-0.4, -0.2) is 40.8 Å². The molecule has 9 heteroatoms. The van der Waals surface area contributed by atoms with E-state index < -0.39 is 29.6 Å². The normalized spacial score (nSPS) is 17.0. The second kappa shape index (κ2) is 15.7. The van der Waals surface area contributed by atoms with Gasteiger partial charge in [0.15, 0.2) is 11.5 Å². The lowest BCUT2D eigenvalue weighted by molar-refractivity contribution is -0.188. The van der Waals surface area contributed by atoms with Gasteiger partial charge in [-0.1, -0.05) is 65.9 Å². The number of carboxylic acids is 1. The van der Waals surface area contributed by atoms with Gasteiger partial charge in [-0.15, -0.1) is 0 Å². The van der Waals surface area contributed by atoms with Crippen molar-refractivity contribution in [2.45, 2.75) is 118 Å². The molecule has 0 aromatic heterocycles. The minimum absolute atomic E-state index is 0.0185. The van der Waals surface area contributed by atoms with E-state index in [1.807, 2.05) is 13.8 Å². The topological polar surface area (TPSA) is 128 Å². The van der Waals surface area contributed by atoms with E-state index in [1.165, 1.54) is 12.1 Å². The molecule has 0 saturated heterocycles.